The second-order valence-corrected chi connectivity index (χ2v) is 10.6. The van der Waals surface area contributed by atoms with Gasteiger partial charge in [-0.25, -0.2) is 4.79 Å². The van der Waals surface area contributed by atoms with E-state index >= 15 is 0 Å². The Morgan fingerprint density at radius 3 is 1.84 bits per heavy atom. The lowest BCUT2D eigenvalue weighted by atomic mass is 10.0. The molecule has 0 bridgehead atoms. The van der Waals surface area contributed by atoms with Crippen LogP contribution in [0.15, 0.2) is 58.3 Å². The van der Waals surface area contributed by atoms with Crippen molar-refractivity contribution in [2.45, 2.75) is 41.8 Å². The van der Waals surface area contributed by atoms with Gasteiger partial charge in [0.05, 0.1) is 9.79 Å². The molecule has 0 radical (unpaired) electrons. The Morgan fingerprint density at radius 1 is 0.903 bits per heavy atom. The number of hydrogen-bond acceptors (Lipinski definition) is 9. The number of rotatable bonds is 8. The fourth-order valence-electron chi connectivity index (χ4n) is 2.86. The second-order valence-electron chi connectivity index (χ2n) is 7.34. The number of aliphatic hydroxyl groups is 1. The average molecular weight is 471 g/mol. The fraction of sp³-hybridized carbons (Fsp3) is 0.350. The van der Waals surface area contributed by atoms with E-state index in [1.54, 1.807) is 38.1 Å². The van der Waals surface area contributed by atoms with Crippen LogP contribution in [0.3, 0.4) is 0 Å². The van der Waals surface area contributed by atoms with Crippen LogP contribution >= 0.6 is 0 Å². The summed E-state index contributed by atoms with van der Waals surface area (Å²) in [6.45, 7) is 2.19. The van der Waals surface area contributed by atoms with Gasteiger partial charge in [0.2, 0.25) is 0 Å². The van der Waals surface area contributed by atoms with Gasteiger partial charge in [-0.1, -0.05) is 35.4 Å². The number of benzene rings is 2. The van der Waals surface area contributed by atoms with Crippen molar-refractivity contribution in [3.05, 3.63) is 59.7 Å². The number of cyclic esters (lactones) is 1. The van der Waals surface area contributed by atoms with E-state index < -0.39 is 57.5 Å². The molecule has 2 aromatic rings. The highest BCUT2D eigenvalue weighted by molar-refractivity contribution is 7.87. The molecule has 168 valence electrons. The summed E-state index contributed by atoms with van der Waals surface area (Å²) >= 11 is 0. The number of carbonyl (C=O) groups is 1. The second kappa shape index (κ2) is 8.67. The van der Waals surface area contributed by atoms with Crippen LogP contribution < -0.4 is 0 Å². The molecule has 0 saturated carbocycles. The number of aryl methyl sites for hydroxylation is 2. The van der Waals surface area contributed by atoms with Crippen LogP contribution in [0.1, 0.15) is 17.5 Å². The molecule has 1 saturated heterocycles. The number of ether oxygens (including phenoxy) is 1. The van der Waals surface area contributed by atoms with Gasteiger partial charge in [-0.2, -0.15) is 16.8 Å². The number of esters is 1. The molecule has 1 fully saturated rings. The first kappa shape index (κ1) is 23.4. The molecule has 31 heavy (non-hydrogen) atoms. The molecule has 3 rings (SSSR count). The first-order valence-electron chi connectivity index (χ1n) is 9.27. The van der Waals surface area contributed by atoms with Gasteiger partial charge in [0.1, 0.15) is 19.3 Å². The van der Waals surface area contributed by atoms with Crippen LogP contribution in [-0.2, 0) is 38.1 Å². The van der Waals surface area contributed by atoms with Gasteiger partial charge in [0.25, 0.3) is 20.2 Å². The predicted molar refractivity (Wildman–Crippen MR) is 108 cm³/mol. The molecule has 1 N–H and O–H groups in total. The van der Waals surface area contributed by atoms with Crippen molar-refractivity contribution in [2.24, 2.45) is 0 Å². The van der Waals surface area contributed by atoms with E-state index in [0.717, 1.165) is 11.1 Å². The van der Waals surface area contributed by atoms with Crippen molar-refractivity contribution in [3.63, 3.8) is 0 Å². The van der Waals surface area contributed by atoms with Gasteiger partial charge >= 0.3 is 5.97 Å². The largest absolute Gasteiger partial charge is 0.458 e. The lowest BCUT2D eigenvalue weighted by Gasteiger charge is -2.17. The van der Waals surface area contributed by atoms with Crippen molar-refractivity contribution in [1.82, 2.24) is 0 Å². The number of hydrogen-bond donors (Lipinski definition) is 1. The maximum atomic E-state index is 12.3. The molecule has 1 heterocycles. The minimum atomic E-state index is -4.21. The van der Waals surface area contributed by atoms with E-state index in [1.807, 2.05) is 0 Å². The molecular weight excluding hydrogens is 448 g/mol. The van der Waals surface area contributed by atoms with Gasteiger partial charge in [0.15, 0.2) is 5.60 Å². The van der Waals surface area contributed by atoms with Crippen molar-refractivity contribution >= 4 is 26.2 Å². The highest BCUT2D eigenvalue weighted by atomic mass is 32.2. The van der Waals surface area contributed by atoms with Crippen molar-refractivity contribution < 1.29 is 39.8 Å². The van der Waals surface area contributed by atoms with Gasteiger partial charge in [0, 0.05) is 6.42 Å². The minimum Gasteiger partial charge on any atom is -0.458 e. The monoisotopic (exact) mass is 470 g/mol. The third kappa shape index (κ3) is 5.49. The summed E-state index contributed by atoms with van der Waals surface area (Å²) in [5, 5.41) is 10.5. The van der Waals surface area contributed by atoms with E-state index in [0.29, 0.717) is 0 Å². The molecule has 2 atom stereocenters. The standard InChI is InChI=1S/C20H22O9S2/c1-14-3-7-17(8-4-14)30(23,24)27-12-16-11-20(22,19(21)29-16)13-28-31(25,26)18-9-5-15(2)6-10-18/h3-10,16,22H,11-13H2,1-2H3/t16-,20-/m0/s1. The topological polar surface area (TPSA) is 133 Å². The van der Waals surface area contributed by atoms with Gasteiger partial charge in [-0.3, -0.25) is 8.37 Å². The Balaban J connectivity index is 1.61. The Kier molecular flexibility index (Phi) is 6.53. The molecule has 2 aromatic carbocycles. The first-order chi connectivity index (χ1) is 14.4. The summed E-state index contributed by atoms with van der Waals surface area (Å²) in [6.07, 6.45) is -1.48. The van der Waals surface area contributed by atoms with Crippen molar-refractivity contribution in [3.8, 4) is 0 Å². The number of carbonyl (C=O) groups excluding carboxylic acids is 1. The first-order valence-corrected chi connectivity index (χ1v) is 12.1. The molecule has 1 aliphatic heterocycles. The Morgan fingerprint density at radius 2 is 1.35 bits per heavy atom. The quantitative estimate of drug-likeness (QED) is 0.449. The van der Waals surface area contributed by atoms with Crippen molar-refractivity contribution in [2.75, 3.05) is 13.2 Å². The minimum absolute atomic E-state index is 0.0646. The zero-order valence-electron chi connectivity index (χ0n) is 16.8. The smallest absolute Gasteiger partial charge is 0.341 e. The van der Waals surface area contributed by atoms with Gasteiger partial charge in [-0.15, -0.1) is 0 Å². The highest BCUT2D eigenvalue weighted by Gasteiger charge is 2.49. The van der Waals surface area contributed by atoms with Crippen LogP contribution in [-0.4, -0.2) is 52.8 Å². The zero-order chi connectivity index (χ0) is 22.9. The van der Waals surface area contributed by atoms with E-state index in [4.69, 9.17) is 13.1 Å². The summed E-state index contributed by atoms with van der Waals surface area (Å²) in [5.74, 6) is -1.12. The van der Waals surface area contributed by atoms with Crippen molar-refractivity contribution in [1.29, 1.82) is 0 Å². The Bertz CT molecular complexity index is 1150. The van der Waals surface area contributed by atoms with E-state index in [-0.39, 0.29) is 9.79 Å². The van der Waals surface area contributed by atoms with Crippen LogP contribution in [0, 0.1) is 13.8 Å². The summed E-state index contributed by atoms with van der Waals surface area (Å²) in [4.78, 5) is 11.9. The summed E-state index contributed by atoms with van der Waals surface area (Å²) in [6, 6.07) is 11.8. The van der Waals surface area contributed by atoms with Crippen LogP contribution in [0.5, 0.6) is 0 Å². The van der Waals surface area contributed by atoms with Gasteiger partial charge in [-0.05, 0) is 38.1 Å². The summed E-state index contributed by atoms with van der Waals surface area (Å²) < 4.78 is 63.8. The molecule has 9 nitrogen and oxygen atoms in total. The molecule has 0 amide bonds. The molecule has 0 unspecified atom stereocenters. The zero-order valence-corrected chi connectivity index (χ0v) is 18.5. The van der Waals surface area contributed by atoms with Crippen LogP contribution in [0.25, 0.3) is 0 Å². The lowest BCUT2D eigenvalue weighted by molar-refractivity contribution is -0.157. The molecule has 1 aliphatic rings. The van der Waals surface area contributed by atoms with Crippen LogP contribution in [0.2, 0.25) is 0 Å². The lowest BCUT2D eigenvalue weighted by Crippen LogP contribution is -2.40. The molecular formula is C20H22O9S2. The fourth-order valence-corrected chi connectivity index (χ4v) is 4.75. The molecule has 0 spiro atoms. The van der Waals surface area contributed by atoms with E-state index in [1.165, 1.54) is 24.3 Å². The third-order valence-corrected chi connectivity index (χ3v) is 7.27. The third-order valence-electron chi connectivity index (χ3n) is 4.70. The maximum Gasteiger partial charge on any atom is 0.341 e. The average Bonchev–Trinajstić information content (AvgIpc) is 3.00. The summed E-state index contributed by atoms with van der Waals surface area (Å²) in [7, 11) is -8.31. The molecule has 0 aliphatic carbocycles. The SMILES string of the molecule is Cc1ccc(S(=O)(=O)OC[C@@H]2C[C@](O)(COS(=O)(=O)c3ccc(C)cc3)C(=O)O2)cc1. The highest BCUT2D eigenvalue weighted by Crippen LogP contribution is 2.28. The predicted octanol–water partition coefficient (Wildman–Crippen LogP) is 1.46. The normalized spacial score (nSPS) is 21.8. The Labute approximate surface area is 180 Å². The van der Waals surface area contributed by atoms with Crippen LogP contribution in [0.4, 0.5) is 0 Å². The Hall–Kier alpha value is -2.31. The van der Waals surface area contributed by atoms with Gasteiger partial charge < -0.3 is 9.84 Å². The molecule has 11 heteroatoms. The maximum absolute atomic E-state index is 12.3. The van der Waals surface area contributed by atoms with E-state index in [9.17, 15) is 26.7 Å². The molecule has 0 aromatic heterocycles. The van der Waals surface area contributed by atoms with E-state index in [2.05, 4.69) is 0 Å². The summed E-state index contributed by atoms with van der Waals surface area (Å²) in [5.41, 5.74) is -0.533.